The number of carbonyl (C=O) groups excluding carboxylic acids is 2. The molecule has 2 aromatic rings. The number of nitrogens with zero attached hydrogens (tertiary/aromatic N) is 2. The molecule has 1 N–H and O–H groups in total. The molecule has 3 rings (SSSR count). The number of aromatic nitrogens is 1. The minimum atomic E-state index is -0.716. The minimum absolute atomic E-state index is 0.161. The molecule has 0 bridgehead atoms. The summed E-state index contributed by atoms with van der Waals surface area (Å²) in [6, 6.07) is 12.5. The van der Waals surface area contributed by atoms with Crippen LogP contribution in [0.4, 0.5) is 0 Å². The molecule has 140 valence electrons. The van der Waals surface area contributed by atoms with Gasteiger partial charge in [0.25, 0.3) is 5.91 Å². The molecule has 5 nitrogen and oxygen atoms in total. The van der Waals surface area contributed by atoms with E-state index in [-0.39, 0.29) is 17.9 Å². The highest BCUT2D eigenvalue weighted by Gasteiger charge is 2.46. The molecule has 1 amide bonds. The van der Waals surface area contributed by atoms with E-state index in [1.54, 1.807) is 33.0 Å². The summed E-state index contributed by atoms with van der Waals surface area (Å²) < 4.78 is 0. The van der Waals surface area contributed by atoms with E-state index in [0.29, 0.717) is 5.69 Å². The lowest BCUT2D eigenvalue weighted by Gasteiger charge is -2.28. The Hall–Kier alpha value is -2.95. The van der Waals surface area contributed by atoms with Crippen molar-refractivity contribution in [2.45, 2.75) is 40.3 Å². The SMILES string of the molecule is Cc1cccc(C2C(C(=O)C(C)(C)C)=C(O)C(=O)N2Cc2ccccn2)c1. The zero-order valence-corrected chi connectivity index (χ0v) is 16.1. The molecule has 0 saturated heterocycles. The number of hydrogen-bond acceptors (Lipinski definition) is 4. The monoisotopic (exact) mass is 364 g/mol. The third kappa shape index (κ3) is 3.63. The lowest BCUT2D eigenvalue weighted by molar-refractivity contribution is -0.130. The van der Waals surface area contributed by atoms with Gasteiger partial charge in [-0.2, -0.15) is 0 Å². The smallest absolute Gasteiger partial charge is 0.290 e. The zero-order valence-electron chi connectivity index (χ0n) is 16.1. The molecule has 1 aliphatic rings. The lowest BCUT2D eigenvalue weighted by Crippen LogP contribution is -2.32. The van der Waals surface area contributed by atoms with Gasteiger partial charge in [0.05, 0.1) is 23.9 Å². The van der Waals surface area contributed by atoms with Crippen LogP contribution in [-0.4, -0.2) is 26.7 Å². The normalized spacial score (nSPS) is 17.6. The second-order valence-corrected chi connectivity index (χ2v) is 7.91. The van der Waals surface area contributed by atoms with E-state index >= 15 is 0 Å². The number of carbonyl (C=O) groups is 2. The fraction of sp³-hybridized carbons (Fsp3) is 0.318. The van der Waals surface area contributed by atoms with Crippen molar-refractivity contribution in [1.82, 2.24) is 9.88 Å². The fourth-order valence-electron chi connectivity index (χ4n) is 3.31. The molecule has 1 aliphatic heterocycles. The summed E-state index contributed by atoms with van der Waals surface area (Å²) >= 11 is 0. The average molecular weight is 364 g/mol. The number of aryl methyl sites for hydroxylation is 1. The van der Waals surface area contributed by atoms with Crippen molar-refractivity contribution < 1.29 is 14.7 Å². The molecule has 0 fully saturated rings. The van der Waals surface area contributed by atoms with Gasteiger partial charge in [0.1, 0.15) is 0 Å². The van der Waals surface area contributed by atoms with E-state index in [9.17, 15) is 14.7 Å². The number of benzene rings is 1. The predicted octanol–water partition coefficient (Wildman–Crippen LogP) is 3.90. The van der Waals surface area contributed by atoms with Crippen LogP contribution in [0.25, 0.3) is 0 Å². The van der Waals surface area contributed by atoms with Gasteiger partial charge in [-0.3, -0.25) is 14.6 Å². The first-order chi connectivity index (χ1) is 12.7. The number of aliphatic hydroxyl groups excluding tert-OH is 1. The van der Waals surface area contributed by atoms with E-state index in [4.69, 9.17) is 0 Å². The van der Waals surface area contributed by atoms with Crippen LogP contribution in [-0.2, 0) is 16.1 Å². The van der Waals surface area contributed by atoms with Crippen molar-refractivity contribution in [1.29, 1.82) is 0 Å². The Morgan fingerprint density at radius 3 is 2.52 bits per heavy atom. The maximum absolute atomic E-state index is 13.1. The predicted molar refractivity (Wildman–Crippen MR) is 103 cm³/mol. The van der Waals surface area contributed by atoms with Crippen molar-refractivity contribution in [3.63, 3.8) is 0 Å². The molecule has 2 heterocycles. The van der Waals surface area contributed by atoms with Crippen LogP contribution in [0.15, 0.2) is 60.0 Å². The minimum Gasteiger partial charge on any atom is -0.503 e. The van der Waals surface area contributed by atoms with Gasteiger partial charge in [-0.25, -0.2) is 0 Å². The Morgan fingerprint density at radius 2 is 1.93 bits per heavy atom. The summed E-state index contributed by atoms with van der Waals surface area (Å²) in [6.45, 7) is 7.53. The maximum Gasteiger partial charge on any atom is 0.290 e. The molecule has 1 aromatic heterocycles. The van der Waals surface area contributed by atoms with Gasteiger partial charge in [-0.15, -0.1) is 0 Å². The van der Waals surface area contributed by atoms with Crippen LogP contribution in [0.5, 0.6) is 0 Å². The molecule has 5 heteroatoms. The Labute approximate surface area is 159 Å². The van der Waals surface area contributed by atoms with Crippen LogP contribution in [0.2, 0.25) is 0 Å². The topological polar surface area (TPSA) is 70.5 Å². The number of amides is 1. The summed E-state index contributed by atoms with van der Waals surface area (Å²) in [5.41, 5.74) is 1.96. The standard InChI is InChI=1S/C22H24N2O3/c1-14-8-7-9-15(12-14)18-17(20(26)22(2,3)4)19(25)21(27)24(18)13-16-10-5-6-11-23-16/h5-12,18,25H,13H2,1-4H3. The molecule has 1 aromatic carbocycles. The molecule has 0 saturated carbocycles. The van der Waals surface area contributed by atoms with E-state index in [1.807, 2.05) is 43.3 Å². The van der Waals surface area contributed by atoms with Gasteiger partial charge in [0.15, 0.2) is 11.5 Å². The highest BCUT2D eigenvalue weighted by atomic mass is 16.3. The van der Waals surface area contributed by atoms with Crippen molar-refractivity contribution in [2.24, 2.45) is 5.41 Å². The molecule has 0 aliphatic carbocycles. The Balaban J connectivity index is 2.11. The summed E-state index contributed by atoms with van der Waals surface area (Å²) in [6.07, 6.45) is 1.66. The van der Waals surface area contributed by atoms with Gasteiger partial charge >= 0.3 is 0 Å². The molecular weight excluding hydrogens is 340 g/mol. The largest absolute Gasteiger partial charge is 0.503 e. The Morgan fingerprint density at radius 1 is 1.19 bits per heavy atom. The summed E-state index contributed by atoms with van der Waals surface area (Å²) in [4.78, 5) is 31.7. The number of ketones is 1. The third-order valence-electron chi connectivity index (χ3n) is 4.65. The molecule has 1 unspecified atom stereocenters. The van der Waals surface area contributed by atoms with Crippen molar-refractivity contribution in [3.8, 4) is 0 Å². The van der Waals surface area contributed by atoms with Gasteiger partial charge in [0, 0.05) is 11.6 Å². The van der Waals surface area contributed by atoms with E-state index < -0.39 is 23.1 Å². The van der Waals surface area contributed by atoms with Crippen molar-refractivity contribution in [3.05, 3.63) is 76.8 Å². The number of Topliss-reactive ketones (excluding diaryl/α,β-unsaturated/α-hetero) is 1. The Bertz CT molecular complexity index is 911. The third-order valence-corrected chi connectivity index (χ3v) is 4.65. The van der Waals surface area contributed by atoms with Crippen LogP contribution in [0.3, 0.4) is 0 Å². The number of rotatable bonds is 4. The van der Waals surface area contributed by atoms with Crippen LogP contribution in [0.1, 0.15) is 43.6 Å². The molecule has 0 radical (unpaired) electrons. The first-order valence-electron chi connectivity index (χ1n) is 8.95. The first kappa shape index (κ1) is 18.8. The molecule has 27 heavy (non-hydrogen) atoms. The van der Waals surface area contributed by atoms with Crippen molar-refractivity contribution in [2.75, 3.05) is 0 Å². The number of pyridine rings is 1. The van der Waals surface area contributed by atoms with Gasteiger partial charge in [-0.1, -0.05) is 56.7 Å². The number of hydrogen-bond donors (Lipinski definition) is 1. The van der Waals surface area contributed by atoms with E-state index in [1.165, 1.54) is 4.90 Å². The maximum atomic E-state index is 13.1. The summed E-state index contributed by atoms with van der Waals surface area (Å²) in [5, 5.41) is 10.6. The highest BCUT2D eigenvalue weighted by molar-refractivity contribution is 6.10. The summed E-state index contributed by atoms with van der Waals surface area (Å²) in [5.74, 6) is -1.24. The quantitative estimate of drug-likeness (QED) is 0.893. The van der Waals surface area contributed by atoms with Crippen LogP contribution < -0.4 is 0 Å². The fourth-order valence-corrected chi connectivity index (χ4v) is 3.31. The van der Waals surface area contributed by atoms with Gasteiger partial charge in [-0.05, 0) is 24.6 Å². The molecule has 0 spiro atoms. The molecular formula is C22H24N2O3. The number of aliphatic hydroxyl groups is 1. The second kappa shape index (κ2) is 6.99. The van der Waals surface area contributed by atoms with Crippen LogP contribution >= 0.6 is 0 Å². The Kier molecular flexibility index (Phi) is 4.87. The van der Waals surface area contributed by atoms with Crippen molar-refractivity contribution >= 4 is 11.7 Å². The highest BCUT2D eigenvalue weighted by Crippen LogP contribution is 2.41. The first-order valence-corrected chi connectivity index (χ1v) is 8.95. The second-order valence-electron chi connectivity index (χ2n) is 7.91. The zero-order chi connectivity index (χ0) is 19.8. The average Bonchev–Trinajstić information content (AvgIpc) is 2.86. The van der Waals surface area contributed by atoms with Crippen LogP contribution in [0, 0.1) is 12.3 Å². The molecule has 1 atom stereocenters. The van der Waals surface area contributed by atoms with E-state index in [2.05, 4.69) is 4.98 Å². The van der Waals surface area contributed by atoms with Gasteiger partial charge < -0.3 is 10.0 Å². The summed E-state index contributed by atoms with van der Waals surface area (Å²) in [7, 11) is 0. The van der Waals surface area contributed by atoms with Gasteiger partial charge in [0.2, 0.25) is 0 Å². The lowest BCUT2D eigenvalue weighted by atomic mass is 9.82. The van der Waals surface area contributed by atoms with E-state index in [0.717, 1.165) is 11.1 Å².